The van der Waals surface area contributed by atoms with E-state index >= 15 is 0 Å². The fourth-order valence-corrected chi connectivity index (χ4v) is 5.18. The molecule has 7 heteroatoms. The Kier molecular flexibility index (Phi) is 7.93. The van der Waals surface area contributed by atoms with Gasteiger partial charge in [0.1, 0.15) is 6.04 Å². The van der Waals surface area contributed by atoms with Crippen LogP contribution in [0, 0.1) is 5.41 Å². The number of benzene rings is 1. The van der Waals surface area contributed by atoms with Gasteiger partial charge in [-0.05, 0) is 42.4 Å². The minimum absolute atomic E-state index is 0.00453. The Labute approximate surface area is 201 Å². The van der Waals surface area contributed by atoms with Crippen LogP contribution in [-0.4, -0.2) is 35.3 Å². The largest absolute Gasteiger partial charge is 0.354 e. The number of amides is 3. The maximum Gasteiger partial charge on any atom is 0.242 e. The van der Waals surface area contributed by atoms with Crippen LogP contribution in [0.5, 0.6) is 0 Å². The maximum atomic E-state index is 13.3. The van der Waals surface area contributed by atoms with Crippen molar-refractivity contribution in [2.45, 2.75) is 69.9 Å². The highest BCUT2D eigenvalue weighted by Gasteiger charge is 2.36. The minimum Gasteiger partial charge on any atom is -0.354 e. The molecule has 1 saturated carbocycles. The third kappa shape index (κ3) is 6.43. The van der Waals surface area contributed by atoms with Gasteiger partial charge in [0.25, 0.3) is 0 Å². The summed E-state index contributed by atoms with van der Waals surface area (Å²) in [6, 6.07) is 15.2. The third-order valence-electron chi connectivity index (χ3n) is 7.08. The van der Waals surface area contributed by atoms with Crippen LogP contribution < -0.4 is 16.0 Å². The van der Waals surface area contributed by atoms with Crippen molar-refractivity contribution in [3.63, 3.8) is 0 Å². The van der Waals surface area contributed by atoms with Gasteiger partial charge in [-0.15, -0.1) is 0 Å². The SMILES string of the molecule is O=C(CC1(CNC(=O)[C@@H]2CCC(=O)N2)CCCCC1)NC(Cc1ccccn1)c1ccccc1. The molecule has 1 aromatic carbocycles. The number of hydrogen-bond donors (Lipinski definition) is 3. The van der Waals surface area contributed by atoms with Crippen LogP contribution in [0.25, 0.3) is 0 Å². The predicted octanol–water partition coefficient (Wildman–Crippen LogP) is 3.22. The molecule has 1 aliphatic heterocycles. The van der Waals surface area contributed by atoms with Crippen LogP contribution in [0.15, 0.2) is 54.7 Å². The number of hydrogen-bond acceptors (Lipinski definition) is 4. The van der Waals surface area contributed by atoms with Crippen molar-refractivity contribution in [1.29, 1.82) is 0 Å². The van der Waals surface area contributed by atoms with Gasteiger partial charge in [0.05, 0.1) is 6.04 Å². The van der Waals surface area contributed by atoms with Gasteiger partial charge in [-0.2, -0.15) is 0 Å². The van der Waals surface area contributed by atoms with E-state index < -0.39 is 6.04 Å². The van der Waals surface area contributed by atoms with Gasteiger partial charge >= 0.3 is 0 Å². The summed E-state index contributed by atoms with van der Waals surface area (Å²) in [7, 11) is 0. The Morgan fingerprint density at radius 1 is 1.06 bits per heavy atom. The van der Waals surface area contributed by atoms with E-state index in [0.29, 0.717) is 32.2 Å². The summed E-state index contributed by atoms with van der Waals surface area (Å²) < 4.78 is 0. The molecule has 34 heavy (non-hydrogen) atoms. The van der Waals surface area contributed by atoms with Gasteiger partial charge in [-0.3, -0.25) is 19.4 Å². The Hall–Kier alpha value is -3.22. The Bertz CT molecular complexity index is 974. The van der Waals surface area contributed by atoms with E-state index in [-0.39, 0.29) is 29.2 Å². The first kappa shape index (κ1) is 23.9. The summed E-state index contributed by atoms with van der Waals surface area (Å²) in [5, 5.41) is 9.02. The van der Waals surface area contributed by atoms with Crippen molar-refractivity contribution in [3.05, 3.63) is 66.0 Å². The Morgan fingerprint density at radius 2 is 1.82 bits per heavy atom. The zero-order valence-corrected chi connectivity index (χ0v) is 19.6. The van der Waals surface area contributed by atoms with Crippen LogP contribution >= 0.6 is 0 Å². The molecule has 2 atom stereocenters. The lowest BCUT2D eigenvalue weighted by atomic mass is 9.71. The number of rotatable bonds is 9. The lowest BCUT2D eigenvalue weighted by Crippen LogP contribution is -2.48. The van der Waals surface area contributed by atoms with Crippen LogP contribution in [0.2, 0.25) is 0 Å². The molecule has 4 rings (SSSR count). The highest BCUT2D eigenvalue weighted by atomic mass is 16.2. The number of aromatic nitrogens is 1. The first-order chi connectivity index (χ1) is 16.5. The van der Waals surface area contributed by atoms with Gasteiger partial charge in [0, 0.05) is 37.7 Å². The number of carbonyl (C=O) groups excluding carboxylic acids is 3. The van der Waals surface area contributed by atoms with Gasteiger partial charge in [-0.1, -0.05) is 55.7 Å². The van der Waals surface area contributed by atoms with Crippen LogP contribution in [0.1, 0.15) is 68.7 Å². The summed E-state index contributed by atoms with van der Waals surface area (Å²) in [5.74, 6) is -0.226. The second-order valence-corrected chi connectivity index (χ2v) is 9.67. The molecule has 2 aliphatic rings. The maximum absolute atomic E-state index is 13.3. The molecule has 0 radical (unpaired) electrons. The third-order valence-corrected chi connectivity index (χ3v) is 7.08. The van der Waals surface area contributed by atoms with E-state index in [0.717, 1.165) is 43.4 Å². The lowest BCUT2D eigenvalue weighted by molar-refractivity contribution is -0.128. The van der Waals surface area contributed by atoms with Crippen molar-refractivity contribution in [2.24, 2.45) is 5.41 Å². The molecule has 2 aromatic rings. The normalized spacial score (nSPS) is 20.2. The van der Waals surface area contributed by atoms with Crippen molar-refractivity contribution in [3.8, 4) is 0 Å². The first-order valence-electron chi connectivity index (χ1n) is 12.3. The molecular formula is C27H34N4O3. The molecule has 1 unspecified atom stereocenters. The highest BCUT2D eigenvalue weighted by Crippen LogP contribution is 2.39. The average Bonchev–Trinajstić information content (AvgIpc) is 3.30. The Morgan fingerprint density at radius 3 is 2.50 bits per heavy atom. The van der Waals surface area contributed by atoms with E-state index in [1.165, 1.54) is 0 Å². The van der Waals surface area contributed by atoms with E-state index in [1.54, 1.807) is 6.20 Å². The van der Waals surface area contributed by atoms with Gasteiger partial charge < -0.3 is 16.0 Å². The summed E-state index contributed by atoms with van der Waals surface area (Å²) in [6.07, 6.45) is 8.76. The predicted molar refractivity (Wildman–Crippen MR) is 130 cm³/mol. The molecule has 1 aromatic heterocycles. The van der Waals surface area contributed by atoms with E-state index in [1.807, 2.05) is 48.5 Å². The van der Waals surface area contributed by atoms with Crippen LogP contribution in [0.4, 0.5) is 0 Å². The zero-order chi connectivity index (χ0) is 23.8. The molecule has 2 fully saturated rings. The molecule has 2 heterocycles. The van der Waals surface area contributed by atoms with Crippen molar-refractivity contribution < 1.29 is 14.4 Å². The van der Waals surface area contributed by atoms with Crippen molar-refractivity contribution in [2.75, 3.05) is 6.54 Å². The number of nitrogens with zero attached hydrogens (tertiary/aromatic N) is 1. The molecular weight excluding hydrogens is 428 g/mol. The smallest absolute Gasteiger partial charge is 0.242 e. The van der Waals surface area contributed by atoms with Crippen molar-refractivity contribution >= 4 is 17.7 Å². The number of nitrogens with one attached hydrogen (secondary N) is 3. The van der Waals surface area contributed by atoms with E-state index in [4.69, 9.17) is 0 Å². The van der Waals surface area contributed by atoms with Gasteiger partial charge in [0.15, 0.2) is 0 Å². The minimum atomic E-state index is -0.456. The van der Waals surface area contributed by atoms with Gasteiger partial charge in [-0.25, -0.2) is 0 Å². The molecule has 180 valence electrons. The van der Waals surface area contributed by atoms with E-state index in [9.17, 15) is 14.4 Å². The molecule has 0 bridgehead atoms. The fraction of sp³-hybridized carbons (Fsp3) is 0.481. The fourth-order valence-electron chi connectivity index (χ4n) is 5.18. The van der Waals surface area contributed by atoms with Crippen molar-refractivity contribution in [1.82, 2.24) is 20.9 Å². The molecule has 3 amide bonds. The zero-order valence-electron chi connectivity index (χ0n) is 19.6. The topological polar surface area (TPSA) is 100 Å². The van der Waals surface area contributed by atoms with E-state index in [2.05, 4.69) is 20.9 Å². The number of carbonyl (C=O) groups is 3. The molecule has 1 aliphatic carbocycles. The first-order valence-corrected chi connectivity index (χ1v) is 12.3. The second kappa shape index (κ2) is 11.3. The van der Waals surface area contributed by atoms with Gasteiger partial charge in [0.2, 0.25) is 17.7 Å². The quantitative estimate of drug-likeness (QED) is 0.533. The lowest BCUT2D eigenvalue weighted by Gasteiger charge is -2.37. The monoisotopic (exact) mass is 462 g/mol. The average molecular weight is 463 g/mol. The summed E-state index contributed by atoms with van der Waals surface area (Å²) in [5.41, 5.74) is 1.71. The Balaban J connectivity index is 1.42. The molecule has 3 N–H and O–H groups in total. The van der Waals surface area contributed by atoms with Crippen LogP contribution in [-0.2, 0) is 20.8 Å². The molecule has 7 nitrogen and oxygen atoms in total. The molecule has 0 spiro atoms. The standard InChI is InChI=1S/C27H34N4O3/c32-24-13-12-22(30-24)26(34)29-19-27(14-6-2-7-15-27)18-25(33)31-23(20-9-3-1-4-10-20)17-21-11-5-8-16-28-21/h1,3-5,8-11,16,22-23H,2,6-7,12-15,17-19H2,(H,29,34)(H,30,32)(H,31,33)/t22-,23?/m0/s1. The summed E-state index contributed by atoms with van der Waals surface area (Å²) in [6.45, 7) is 0.460. The van der Waals surface area contributed by atoms with Crippen LogP contribution in [0.3, 0.4) is 0 Å². The second-order valence-electron chi connectivity index (χ2n) is 9.67. The number of pyridine rings is 1. The highest BCUT2D eigenvalue weighted by molar-refractivity contribution is 5.90. The molecule has 1 saturated heterocycles. The summed E-state index contributed by atoms with van der Waals surface area (Å²) in [4.78, 5) is 41.8. The summed E-state index contributed by atoms with van der Waals surface area (Å²) >= 11 is 0.